The highest BCUT2D eigenvalue weighted by Crippen LogP contribution is 2.15. The fourth-order valence-electron chi connectivity index (χ4n) is 2.29. The van der Waals surface area contributed by atoms with Crippen molar-refractivity contribution in [2.75, 3.05) is 6.54 Å². The molecule has 2 heterocycles. The van der Waals surface area contributed by atoms with Crippen molar-refractivity contribution in [1.29, 1.82) is 0 Å². The first-order chi connectivity index (χ1) is 7.43. The molecule has 0 bridgehead atoms. The summed E-state index contributed by atoms with van der Waals surface area (Å²) in [6.07, 6.45) is 4.52. The SMILES string of the molecule is c1ccc2c(c1)cnn2C[C@@H]1CCCN1. The van der Waals surface area contributed by atoms with Gasteiger partial charge in [-0.3, -0.25) is 4.68 Å². The van der Waals surface area contributed by atoms with Crippen molar-refractivity contribution >= 4 is 10.9 Å². The maximum absolute atomic E-state index is 4.44. The Morgan fingerprint density at radius 3 is 3.20 bits per heavy atom. The van der Waals surface area contributed by atoms with Gasteiger partial charge in [0, 0.05) is 11.4 Å². The first-order valence-corrected chi connectivity index (χ1v) is 5.57. The number of nitrogens with zero attached hydrogens (tertiary/aromatic N) is 2. The van der Waals surface area contributed by atoms with Crippen molar-refractivity contribution in [2.24, 2.45) is 0 Å². The summed E-state index contributed by atoms with van der Waals surface area (Å²) in [6.45, 7) is 2.15. The Hall–Kier alpha value is -1.35. The van der Waals surface area contributed by atoms with Crippen LogP contribution in [-0.4, -0.2) is 22.4 Å². The average Bonchev–Trinajstić information content (AvgIpc) is 2.89. The Kier molecular flexibility index (Phi) is 2.18. The molecule has 1 aliphatic rings. The second kappa shape index (κ2) is 3.66. The van der Waals surface area contributed by atoms with E-state index in [0.29, 0.717) is 6.04 Å². The molecule has 1 N–H and O–H groups in total. The molecular formula is C12H15N3. The second-order valence-electron chi connectivity index (χ2n) is 4.18. The van der Waals surface area contributed by atoms with Crippen LogP contribution in [-0.2, 0) is 6.54 Å². The molecule has 1 fully saturated rings. The maximum Gasteiger partial charge on any atom is 0.0683 e. The van der Waals surface area contributed by atoms with Crippen LogP contribution in [0.3, 0.4) is 0 Å². The maximum atomic E-state index is 4.44. The van der Waals surface area contributed by atoms with Crippen LogP contribution in [0.2, 0.25) is 0 Å². The molecule has 0 amide bonds. The standard InChI is InChI=1S/C12H15N3/c1-2-6-12-10(4-1)8-14-15(12)9-11-5-3-7-13-11/h1-2,4,6,8,11,13H,3,5,7,9H2/t11-/m0/s1. The molecule has 2 aromatic rings. The largest absolute Gasteiger partial charge is 0.312 e. The molecule has 0 saturated carbocycles. The Labute approximate surface area is 89.1 Å². The average molecular weight is 201 g/mol. The van der Waals surface area contributed by atoms with E-state index >= 15 is 0 Å². The van der Waals surface area contributed by atoms with Gasteiger partial charge in [0.15, 0.2) is 0 Å². The lowest BCUT2D eigenvalue weighted by Crippen LogP contribution is -2.27. The summed E-state index contributed by atoms with van der Waals surface area (Å²) in [7, 11) is 0. The van der Waals surface area contributed by atoms with Crippen LogP contribution >= 0.6 is 0 Å². The van der Waals surface area contributed by atoms with E-state index in [1.54, 1.807) is 0 Å². The molecule has 1 aliphatic heterocycles. The predicted octanol–water partition coefficient (Wildman–Crippen LogP) is 1.79. The number of benzene rings is 1. The van der Waals surface area contributed by atoms with Gasteiger partial charge < -0.3 is 5.32 Å². The van der Waals surface area contributed by atoms with Gasteiger partial charge in [0.05, 0.1) is 18.3 Å². The number of hydrogen-bond acceptors (Lipinski definition) is 2. The van der Waals surface area contributed by atoms with Crippen molar-refractivity contribution in [3.8, 4) is 0 Å². The highest BCUT2D eigenvalue weighted by Gasteiger charge is 2.15. The summed E-state index contributed by atoms with van der Waals surface area (Å²) < 4.78 is 2.11. The molecule has 1 aromatic heterocycles. The zero-order valence-electron chi connectivity index (χ0n) is 8.69. The Morgan fingerprint density at radius 1 is 1.40 bits per heavy atom. The van der Waals surface area contributed by atoms with Crippen LogP contribution in [0.1, 0.15) is 12.8 Å². The number of aromatic nitrogens is 2. The van der Waals surface area contributed by atoms with Gasteiger partial charge in [-0.2, -0.15) is 5.10 Å². The van der Waals surface area contributed by atoms with E-state index in [9.17, 15) is 0 Å². The van der Waals surface area contributed by atoms with Crippen LogP contribution in [0.4, 0.5) is 0 Å². The van der Waals surface area contributed by atoms with Crippen LogP contribution in [0.15, 0.2) is 30.5 Å². The summed E-state index contributed by atoms with van der Waals surface area (Å²) in [5, 5.41) is 9.17. The van der Waals surface area contributed by atoms with E-state index in [1.165, 1.54) is 23.7 Å². The molecule has 0 radical (unpaired) electrons. The van der Waals surface area contributed by atoms with Gasteiger partial charge in [0.1, 0.15) is 0 Å². The van der Waals surface area contributed by atoms with Crippen LogP contribution in [0, 0.1) is 0 Å². The van der Waals surface area contributed by atoms with Gasteiger partial charge in [-0.15, -0.1) is 0 Å². The van der Waals surface area contributed by atoms with E-state index in [0.717, 1.165) is 13.1 Å². The second-order valence-corrected chi connectivity index (χ2v) is 4.18. The summed E-state index contributed by atoms with van der Waals surface area (Å²) in [4.78, 5) is 0. The van der Waals surface area contributed by atoms with Gasteiger partial charge in [0.2, 0.25) is 0 Å². The zero-order chi connectivity index (χ0) is 10.1. The van der Waals surface area contributed by atoms with E-state index < -0.39 is 0 Å². The highest BCUT2D eigenvalue weighted by atomic mass is 15.3. The molecule has 1 aromatic carbocycles. The van der Waals surface area contributed by atoms with Crippen LogP contribution in [0.5, 0.6) is 0 Å². The lowest BCUT2D eigenvalue weighted by atomic mass is 10.2. The number of rotatable bonds is 2. The van der Waals surface area contributed by atoms with Crippen LogP contribution < -0.4 is 5.32 Å². The molecule has 78 valence electrons. The van der Waals surface area contributed by atoms with Gasteiger partial charge in [-0.1, -0.05) is 18.2 Å². The number of fused-ring (bicyclic) bond motifs is 1. The molecule has 1 saturated heterocycles. The molecule has 15 heavy (non-hydrogen) atoms. The van der Waals surface area contributed by atoms with Crippen molar-refractivity contribution < 1.29 is 0 Å². The lowest BCUT2D eigenvalue weighted by molar-refractivity contribution is 0.486. The molecule has 3 rings (SSSR count). The Bertz CT molecular complexity index is 455. The Morgan fingerprint density at radius 2 is 2.33 bits per heavy atom. The minimum Gasteiger partial charge on any atom is -0.312 e. The quantitative estimate of drug-likeness (QED) is 0.802. The number of hydrogen-bond donors (Lipinski definition) is 1. The fraction of sp³-hybridized carbons (Fsp3) is 0.417. The van der Waals surface area contributed by atoms with E-state index in [2.05, 4.69) is 39.4 Å². The molecular weight excluding hydrogens is 186 g/mol. The third kappa shape index (κ3) is 1.63. The van der Waals surface area contributed by atoms with Crippen molar-refractivity contribution in [3.63, 3.8) is 0 Å². The summed E-state index contributed by atoms with van der Waals surface area (Å²) in [5.74, 6) is 0. The number of para-hydroxylation sites is 1. The number of nitrogens with one attached hydrogen (secondary N) is 1. The van der Waals surface area contributed by atoms with Crippen molar-refractivity contribution in [1.82, 2.24) is 15.1 Å². The molecule has 1 atom stereocenters. The Balaban J connectivity index is 1.90. The topological polar surface area (TPSA) is 29.9 Å². The third-order valence-electron chi connectivity index (χ3n) is 3.11. The summed E-state index contributed by atoms with van der Waals surface area (Å²) in [6, 6.07) is 8.98. The molecule has 3 heteroatoms. The third-order valence-corrected chi connectivity index (χ3v) is 3.11. The first kappa shape index (κ1) is 8.92. The highest BCUT2D eigenvalue weighted by molar-refractivity contribution is 5.78. The van der Waals surface area contributed by atoms with Gasteiger partial charge in [0.25, 0.3) is 0 Å². The first-order valence-electron chi connectivity index (χ1n) is 5.57. The molecule has 0 aliphatic carbocycles. The van der Waals surface area contributed by atoms with E-state index in [-0.39, 0.29) is 0 Å². The van der Waals surface area contributed by atoms with E-state index in [1.807, 2.05) is 6.20 Å². The minimum absolute atomic E-state index is 0.605. The van der Waals surface area contributed by atoms with Gasteiger partial charge >= 0.3 is 0 Å². The summed E-state index contributed by atoms with van der Waals surface area (Å²) in [5.41, 5.74) is 1.24. The van der Waals surface area contributed by atoms with Gasteiger partial charge in [-0.05, 0) is 25.5 Å². The van der Waals surface area contributed by atoms with Gasteiger partial charge in [-0.25, -0.2) is 0 Å². The minimum atomic E-state index is 0.605. The van der Waals surface area contributed by atoms with Crippen molar-refractivity contribution in [3.05, 3.63) is 30.5 Å². The fourth-order valence-corrected chi connectivity index (χ4v) is 2.29. The molecule has 3 nitrogen and oxygen atoms in total. The lowest BCUT2D eigenvalue weighted by Gasteiger charge is -2.10. The normalized spacial score (nSPS) is 21.2. The molecule has 0 unspecified atom stereocenters. The predicted molar refractivity (Wildman–Crippen MR) is 60.8 cm³/mol. The zero-order valence-corrected chi connectivity index (χ0v) is 8.69. The molecule has 0 spiro atoms. The smallest absolute Gasteiger partial charge is 0.0683 e. The van der Waals surface area contributed by atoms with Crippen molar-refractivity contribution in [2.45, 2.75) is 25.4 Å². The monoisotopic (exact) mass is 201 g/mol. The summed E-state index contributed by atoms with van der Waals surface area (Å²) >= 11 is 0. The van der Waals surface area contributed by atoms with Crippen LogP contribution in [0.25, 0.3) is 10.9 Å². The van der Waals surface area contributed by atoms with E-state index in [4.69, 9.17) is 0 Å².